The number of benzene rings is 1. The van der Waals surface area contributed by atoms with Crippen LogP contribution in [-0.2, 0) is 6.54 Å². The highest BCUT2D eigenvalue weighted by molar-refractivity contribution is 5.32. The van der Waals surface area contributed by atoms with Gasteiger partial charge in [0.05, 0.1) is 11.5 Å². The molecule has 0 radical (unpaired) electrons. The summed E-state index contributed by atoms with van der Waals surface area (Å²) in [5.74, 6) is 0. The normalized spacial score (nSPS) is 10.4. The Kier molecular flexibility index (Phi) is 3.28. The third-order valence-corrected chi connectivity index (χ3v) is 2.64. The van der Waals surface area contributed by atoms with Crippen LogP contribution in [0, 0.1) is 17.0 Å². The highest BCUT2D eigenvalue weighted by atomic mass is 16.6. The Morgan fingerprint density at radius 1 is 1.26 bits per heavy atom. The average Bonchev–Trinajstić information content (AvgIpc) is 2.34. The number of nitrogens with zero attached hydrogens (tertiary/aromatic N) is 2. The van der Waals surface area contributed by atoms with Crippen molar-refractivity contribution in [2.75, 3.05) is 0 Å². The van der Waals surface area contributed by atoms with E-state index in [-0.39, 0.29) is 12.2 Å². The van der Waals surface area contributed by atoms with Crippen molar-refractivity contribution in [1.29, 1.82) is 0 Å². The molecule has 98 valence electrons. The Hall–Kier alpha value is -2.70. The van der Waals surface area contributed by atoms with Gasteiger partial charge in [-0.05, 0) is 12.5 Å². The molecule has 1 N–H and O–H groups in total. The number of aryl methyl sites for hydroxylation is 1. The van der Waals surface area contributed by atoms with Crippen LogP contribution in [0.15, 0.2) is 39.9 Å². The van der Waals surface area contributed by atoms with Gasteiger partial charge in [0.1, 0.15) is 0 Å². The lowest BCUT2D eigenvalue weighted by Crippen LogP contribution is -2.35. The van der Waals surface area contributed by atoms with Crippen LogP contribution in [0.4, 0.5) is 5.69 Å². The number of non-ortho nitro benzene ring substituents is 1. The second kappa shape index (κ2) is 4.89. The summed E-state index contributed by atoms with van der Waals surface area (Å²) in [4.78, 5) is 35.8. The fourth-order valence-electron chi connectivity index (χ4n) is 1.69. The fraction of sp³-hybridized carbons (Fsp3) is 0.167. The van der Waals surface area contributed by atoms with Crippen LogP contribution in [0.5, 0.6) is 0 Å². The van der Waals surface area contributed by atoms with Gasteiger partial charge >= 0.3 is 5.69 Å². The van der Waals surface area contributed by atoms with Crippen molar-refractivity contribution in [2.45, 2.75) is 13.5 Å². The monoisotopic (exact) mass is 261 g/mol. The molecule has 0 saturated heterocycles. The minimum absolute atomic E-state index is 0.0334. The zero-order chi connectivity index (χ0) is 14.0. The number of hydrogen-bond acceptors (Lipinski definition) is 4. The van der Waals surface area contributed by atoms with Crippen molar-refractivity contribution in [2.24, 2.45) is 0 Å². The Morgan fingerprint density at radius 3 is 2.42 bits per heavy atom. The highest BCUT2D eigenvalue weighted by Crippen LogP contribution is 2.11. The summed E-state index contributed by atoms with van der Waals surface area (Å²) >= 11 is 0. The van der Waals surface area contributed by atoms with Crippen LogP contribution in [0.25, 0.3) is 0 Å². The van der Waals surface area contributed by atoms with Crippen molar-refractivity contribution in [1.82, 2.24) is 9.55 Å². The maximum absolute atomic E-state index is 11.7. The van der Waals surface area contributed by atoms with Gasteiger partial charge in [0.25, 0.3) is 11.2 Å². The van der Waals surface area contributed by atoms with E-state index in [1.165, 1.54) is 30.3 Å². The zero-order valence-corrected chi connectivity index (χ0v) is 10.1. The maximum Gasteiger partial charge on any atom is 0.328 e. The van der Waals surface area contributed by atoms with E-state index in [9.17, 15) is 19.7 Å². The first kappa shape index (κ1) is 12.7. The van der Waals surface area contributed by atoms with Crippen molar-refractivity contribution < 1.29 is 4.92 Å². The molecule has 7 nitrogen and oxygen atoms in total. The van der Waals surface area contributed by atoms with Crippen molar-refractivity contribution in [3.63, 3.8) is 0 Å². The first-order valence-electron chi connectivity index (χ1n) is 5.51. The molecule has 2 aromatic rings. The number of hydrogen-bond donors (Lipinski definition) is 1. The quantitative estimate of drug-likeness (QED) is 0.652. The molecule has 1 aromatic heterocycles. The molecule has 0 aliphatic rings. The van der Waals surface area contributed by atoms with E-state index in [0.29, 0.717) is 11.3 Å². The van der Waals surface area contributed by atoms with Crippen molar-refractivity contribution >= 4 is 5.69 Å². The Morgan fingerprint density at radius 2 is 1.89 bits per heavy atom. The largest absolute Gasteiger partial charge is 0.328 e. The summed E-state index contributed by atoms with van der Waals surface area (Å²) in [5, 5.41) is 10.5. The topological polar surface area (TPSA) is 98.0 Å². The first-order chi connectivity index (χ1) is 8.97. The first-order valence-corrected chi connectivity index (χ1v) is 5.51. The van der Waals surface area contributed by atoms with Crippen molar-refractivity contribution in [3.05, 3.63) is 72.5 Å². The molecule has 1 heterocycles. The summed E-state index contributed by atoms with van der Waals surface area (Å²) in [6.45, 7) is 1.70. The molecule has 0 fully saturated rings. The van der Waals surface area contributed by atoms with Gasteiger partial charge in [-0.1, -0.05) is 12.1 Å². The van der Waals surface area contributed by atoms with Crippen molar-refractivity contribution in [3.8, 4) is 0 Å². The number of rotatable bonds is 3. The van der Waals surface area contributed by atoms with Gasteiger partial charge in [0.2, 0.25) is 0 Å². The second-order valence-corrected chi connectivity index (χ2v) is 4.11. The average molecular weight is 261 g/mol. The number of aromatic nitrogens is 2. The van der Waals surface area contributed by atoms with Gasteiger partial charge in [-0.25, -0.2) is 4.79 Å². The van der Waals surface area contributed by atoms with Crippen LogP contribution < -0.4 is 11.2 Å². The minimum atomic E-state index is -0.505. The third kappa shape index (κ3) is 2.76. The molecule has 0 spiro atoms. The summed E-state index contributed by atoms with van der Waals surface area (Å²) in [5.41, 5.74) is 0.203. The maximum atomic E-state index is 11.7. The summed E-state index contributed by atoms with van der Waals surface area (Å²) in [7, 11) is 0. The number of nitro benzene ring substituents is 1. The van der Waals surface area contributed by atoms with E-state index in [1.54, 1.807) is 6.92 Å². The molecular weight excluding hydrogens is 250 g/mol. The van der Waals surface area contributed by atoms with Crippen LogP contribution >= 0.6 is 0 Å². The minimum Gasteiger partial charge on any atom is -0.311 e. The Labute approximate surface area is 107 Å². The van der Waals surface area contributed by atoms with Gasteiger partial charge in [0, 0.05) is 23.9 Å². The molecule has 19 heavy (non-hydrogen) atoms. The molecule has 7 heteroatoms. The highest BCUT2D eigenvalue weighted by Gasteiger charge is 2.06. The molecule has 0 bridgehead atoms. The Bertz CT molecular complexity index is 697. The standard InChI is InChI=1S/C12H11N3O4/c1-8-6-11(16)14(12(17)13-8)7-9-2-4-10(5-3-9)15(18)19/h2-6H,7H2,1H3,(H,13,17). The van der Waals surface area contributed by atoms with E-state index in [1.807, 2.05) is 0 Å². The zero-order valence-electron chi connectivity index (χ0n) is 10.1. The van der Waals surface area contributed by atoms with Crippen LogP contribution in [-0.4, -0.2) is 14.5 Å². The van der Waals surface area contributed by atoms with Gasteiger partial charge in [-0.15, -0.1) is 0 Å². The van der Waals surface area contributed by atoms with E-state index in [4.69, 9.17) is 0 Å². The number of nitrogens with one attached hydrogen (secondary N) is 1. The summed E-state index contributed by atoms with van der Waals surface area (Å²) < 4.78 is 1.04. The van der Waals surface area contributed by atoms with Gasteiger partial charge < -0.3 is 4.98 Å². The third-order valence-electron chi connectivity index (χ3n) is 2.64. The van der Waals surface area contributed by atoms with E-state index in [2.05, 4.69) is 4.98 Å². The number of aromatic amines is 1. The SMILES string of the molecule is Cc1cc(=O)n(Cc2ccc([N+](=O)[O-])cc2)c(=O)[nH]1. The summed E-state index contributed by atoms with van der Waals surface area (Å²) in [6, 6.07) is 7.03. The van der Waals surface area contributed by atoms with E-state index >= 15 is 0 Å². The van der Waals surface area contributed by atoms with Gasteiger partial charge in [-0.3, -0.25) is 19.5 Å². The van der Waals surface area contributed by atoms with Crippen LogP contribution in [0.2, 0.25) is 0 Å². The lowest BCUT2D eigenvalue weighted by atomic mass is 10.2. The fourth-order valence-corrected chi connectivity index (χ4v) is 1.69. The second-order valence-electron chi connectivity index (χ2n) is 4.11. The smallest absolute Gasteiger partial charge is 0.311 e. The molecule has 0 aliphatic carbocycles. The molecule has 0 atom stereocenters. The molecule has 0 unspecified atom stereocenters. The van der Waals surface area contributed by atoms with E-state index < -0.39 is 16.2 Å². The lowest BCUT2D eigenvalue weighted by molar-refractivity contribution is -0.384. The van der Waals surface area contributed by atoms with Gasteiger partial charge in [-0.2, -0.15) is 0 Å². The molecular formula is C12H11N3O4. The molecule has 0 saturated carbocycles. The van der Waals surface area contributed by atoms with Crippen LogP contribution in [0.1, 0.15) is 11.3 Å². The predicted octanol–water partition coefficient (Wildman–Crippen LogP) is 0.802. The van der Waals surface area contributed by atoms with Gasteiger partial charge in [0.15, 0.2) is 0 Å². The van der Waals surface area contributed by atoms with E-state index in [0.717, 1.165) is 4.57 Å². The molecule has 0 aliphatic heterocycles. The molecule has 2 rings (SSSR count). The lowest BCUT2D eigenvalue weighted by Gasteiger charge is -2.04. The number of H-pyrrole nitrogens is 1. The Balaban J connectivity index is 2.34. The van der Waals surface area contributed by atoms with Crippen LogP contribution in [0.3, 0.4) is 0 Å². The molecule has 0 amide bonds. The summed E-state index contributed by atoms with van der Waals surface area (Å²) in [6.07, 6.45) is 0. The number of nitro groups is 1. The molecule has 1 aromatic carbocycles. The predicted molar refractivity (Wildman–Crippen MR) is 68.3 cm³/mol.